The summed E-state index contributed by atoms with van der Waals surface area (Å²) in [7, 11) is 0. The van der Waals surface area contributed by atoms with Crippen LogP contribution in [0.1, 0.15) is 24.8 Å². The summed E-state index contributed by atoms with van der Waals surface area (Å²) in [5, 5.41) is 28.0. The number of carbonyl (C=O) groups excluding carboxylic acids is 3. The molecule has 1 aliphatic heterocycles. The average molecular weight is 434 g/mol. The molecule has 1 aliphatic rings. The summed E-state index contributed by atoms with van der Waals surface area (Å²) in [6.45, 7) is 0.0133. The standard InChI is InChI=1S/C20H26N4O7/c25-16(26)10-15(24-19(30)13-7-4-8-21-13)20(31)23-14(18(29)22-11-17(27)28)9-12-5-2-1-3-6-12/h1-3,5-6,13-15,21H,4,7-11H2,(H,22,29)(H,23,31)(H,24,30)(H,25,26)(H,27,28). The van der Waals surface area contributed by atoms with Crippen LogP contribution in [0.25, 0.3) is 0 Å². The molecule has 0 aliphatic carbocycles. The number of carboxylic acids is 2. The molecule has 1 fully saturated rings. The van der Waals surface area contributed by atoms with Gasteiger partial charge in [0.2, 0.25) is 17.7 Å². The first-order valence-corrected chi connectivity index (χ1v) is 9.85. The second-order valence-electron chi connectivity index (χ2n) is 7.17. The van der Waals surface area contributed by atoms with Gasteiger partial charge < -0.3 is 31.5 Å². The van der Waals surface area contributed by atoms with Crippen LogP contribution in [0.5, 0.6) is 0 Å². The van der Waals surface area contributed by atoms with Crippen LogP contribution in [0.4, 0.5) is 0 Å². The fourth-order valence-corrected chi connectivity index (χ4v) is 3.18. The molecule has 11 heteroatoms. The van der Waals surface area contributed by atoms with Crippen LogP contribution in [0, 0.1) is 0 Å². The van der Waals surface area contributed by atoms with E-state index in [9.17, 15) is 24.0 Å². The summed E-state index contributed by atoms with van der Waals surface area (Å²) in [5.41, 5.74) is 0.701. The Hall–Kier alpha value is -3.47. The fourth-order valence-electron chi connectivity index (χ4n) is 3.18. The van der Waals surface area contributed by atoms with Crippen molar-refractivity contribution in [3.63, 3.8) is 0 Å². The van der Waals surface area contributed by atoms with Crippen LogP contribution in [0.15, 0.2) is 30.3 Å². The molecule has 2 rings (SSSR count). The van der Waals surface area contributed by atoms with Gasteiger partial charge in [0.05, 0.1) is 12.5 Å². The lowest BCUT2D eigenvalue weighted by atomic mass is 10.0. The third kappa shape index (κ3) is 8.05. The zero-order valence-electron chi connectivity index (χ0n) is 16.8. The summed E-state index contributed by atoms with van der Waals surface area (Å²) >= 11 is 0. The molecule has 1 aromatic rings. The topological polar surface area (TPSA) is 174 Å². The Morgan fingerprint density at radius 1 is 0.968 bits per heavy atom. The van der Waals surface area contributed by atoms with E-state index in [0.29, 0.717) is 18.5 Å². The van der Waals surface area contributed by atoms with Crippen molar-refractivity contribution in [2.75, 3.05) is 13.1 Å². The maximum atomic E-state index is 12.8. The van der Waals surface area contributed by atoms with Crippen LogP contribution >= 0.6 is 0 Å². The van der Waals surface area contributed by atoms with Crippen LogP contribution in [-0.4, -0.2) is 71.1 Å². The van der Waals surface area contributed by atoms with E-state index in [1.807, 2.05) is 0 Å². The van der Waals surface area contributed by atoms with Gasteiger partial charge in [0.15, 0.2) is 0 Å². The number of amides is 3. The third-order valence-electron chi connectivity index (χ3n) is 4.72. The van der Waals surface area contributed by atoms with Gasteiger partial charge in [0.25, 0.3) is 0 Å². The zero-order valence-corrected chi connectivity index (χ0v) is 16.8. The van der Waals surface area contributed by atoms with E-state index in [1.54, 1.807) is 30.3 Å². The maximum Gasteiger partial charge on any atom is 0.322 e. The predicted octanol–water partition coefficient (Wildman–Crippen LogP) is -1.37. The highest BCUT2D eigenvalue weighted by molar-refractivity contribution is 5.95. The molecule has 1 saturated heterocycles. The van der Waals surface area contributed by atoms with Gasteiger partial charge in [0.1, 0.15) is 18.6 Å². The first-order chi connectivity index (χ1) is 14.8. The summed E-state index contributed by atoms with van der Waals surface area (Å²) < 4.78 is 0. The van der Waals surface area contributed by atoms with Gasteiger partial charge >= 0.3 is 11.9 Å². The number of nitrogens with one attached hydrogen (secondary N) is 4. The molecule has 3 unspecified atom stereocenters. The number of hydrogen-bond acceptors (Lipinski definition) is 6. The van der Waals surface area contributed by atoms with Crippen LogP contribution in [0.2, 0.25) is 0 Å². The molecule has 0 bridgehead atoms. The van der Waals surface area contributed by atoms with E-state index >= 15 is 0 Å². The summed E-state index contributed by atoms with van der Waals surface area (Å²) in [4.78, 5) is 59.5. The molecule has 11 nitrogen and oxygen atoms in total. The summed E-state index contributed by atoms with van der Waals surface area (Å²) in [5.74, 6) is -4.63. The van der Waals surface area contributed by atoms with Crippen molar-refractivity contribution in [3.05, 3.63) is 35.9 Å². The molecule has 1 aromatic carbocycles. The van der Waals surface area contributed by atoms with Gasteiger partial charge in [-0.05, 0) is 24.9 Å². The predicted molar refractivity (Wildman–Crippen MR) is 108 cm³/mol. The molecular formula is C20H26N4O7. The smallest absolute Gasteiger partial charge is 0.322 e. The Balaban J connectivity index is 2.11. The minimum atomic E-state index is -1.39. The number of hydrogen-bond donors (Lipinski definition) is 6. The van der Waals surface area contributed by atoms with E-state index in [-0.39, 0.29) is 6.42 Å². The highest BCUT2D eigenvalue weighted by atomic mass is 16.4. The molecule has 31 heavy (non-hydrogen) atoms. The highest BCUT2D eigenvalue weighted by Gasteiger charge is 2.31. The molecule has 0 saturated carbocycles. The van der Waals surface area contributed by atoms with Crippen molar-refractivity contribution < 1.29 is 34.2 Å². The minimum Gasteiger partial charge on any atom is -0.481 e. The van der Waals surface area contributed by atoms with Crippen molar-refractivity contribution in [1.29, 1.82) is 0 Å². The maximum absolute atomic E-state index is 12.8. The molecule has 0 aromatic heterocycles. The Labute approximate surface area is 178 Å². The molecular weight excluding hydrogens is 408 g/mol. The lowest BCUT2D eigenvalue weighted by Crippen LogP contribution is -2.57. The van der Waals surface area contributed by atoms with E-state index in [4.69, 9.17) is 10.2 Å². The van der Waals surface area contributed by atoms with Gasteiger partial charge in [-0.3, -0.25) is 24.0 Å². The minimum absolute atomic E-state index is 0.0515. The van der Waals surface area contributed by atoms with Crippen LogP contribution in [-0.2, 0) is 30.4 Å². The molecule has 6 N–H and O–H groups in total. The van der Waals surface area contributed by atoms with Gasteiger partial charge in [0, 0.05) is 6.42 Å². The lowest BCUT2D eigenvalue weighted by molar-refractivity contribution is -0.141. The highest BCUT2D eigenvalue weighted by Crippen LogP contribution is 2.07. The van der Waals surface area contributed by atoms with Crippen molar-refractivity contribution >= 4 is 29.7 Å². The van der Waals surface area contributed by atoms with Crippen molar-refractivity contribution in [1.82, 2.24) is 21.3 Å². The van der Waals surface area contributed by atoms with Crippen molar-refractivity contribution in [2.24, 2.45) is 0 Å². The Morgan fingerprint density at radius 3 is 2.26 bits per heavy atom. The van der Waals surface area contributed by atoms with E-state index in [1.165, 1.54) is 0 Å². The SMILES string of the molecule is O=C(O)CNC(=O)C(Cc1ccccc1)NC(=O)C(CC(=O)O)NC(=O)C1CCCN1. The molecule has 1 heterocycles. The van der Waals surface area contributed by atoms with Crippen LogP contribution in [0.3, 0.4) is 0 Å². The second kappa shape index (κ2) is 11.6. The summed E-state index contributed by atoms with van der Waals surface area (Å²) in [6.07, 6.45) is 0.743. The van der Waals surface area contributed by atoms with E-state index in [0.717, 1.165) is 6.42 Å². The summed E-state index contributed by atoms with van der Waals surface area (Å²) in [6, 6.07) is 5.65. The largest absolute Gasteiger partial charge is 0.481 e. The third-order valence-corrected chi connectivity index (χ3v) is 4.72. The van der Waals surface area contributed by atoms with Crippen molar-refractivity contribution in [2.45, 2.75) is 43.8 Å². The first kappa shape index (κ1) is 23.8. The Morgan fingerprint density at radius 2 is 1.68 bits per heavy atom. The molecule has 168 valence electrons. The molecule has 0 spiro atoms. The monoisotopic (exact) mass is 434 g/mol. The zero-order chi connectivity index (χ0) is 22.8. The normalized spacial score (nSPS) is 17.2. The molecule has 3 amide bonds. The van der Waals surface area contributed by atoms with Gasteiger partial charge in [-0.2, -0.15) is 0 Å². The van der Waals surface area contributed by atoms with Gasteiger partial charge in [-0.15, -0.1) is 0 Å². The quantitative estimate of drug-likeness (QED) is 0.247. The number of carboxylic acid groups (broad SMARTS) is 2. The van der Waals surface area contributed by atoms with Crippen molar-refractivity contribution in [3.8, 4) is 0 Å². The van der Waals surface area contributed by atoms with E-state index < -0.39 is 60.8 Å². The second-order valence-corrected chi connectivity index (χ2v) is 7.17. The van der Waals surface area contributed by atoms with Gasteiger partial charge in [-0.25, -0.2) is 0 Å². The number of benzene rings is 1. The Bertz CT molecular complexity index is 809. The first-order valence-electron chi connectivity index (χ1n) is 9.85. The van der Waals surface area contributed by atoms with Crippen LogP contribution < -0.4 is 21.3 Å². The number of aliphatic carboxylic acids is 2. The molecule has 3 atom stereocenters. The van der Waals surface area contributed by atoms with E-state index in [2.05, 4.69) is 21.3 Å². The van der Waals surface area contributed by atoms with Gasteiger partial charge in [-0.1, -0.05) is 30.3 Å². The Kier molecular flexibility index (Phi) is 8.94. The fraction of sp³-hybridized carbons (Fsp3) is 0.450. The number of rotatable bonds is 11. The molecule has 0 radical (unpaired) electrons. The number of carbonyl (C=O) groups is 5. The lowest BCUT2D eigenvalue weighted by Gasteiger charge is -2.23. The average Bonchev–Trinajstić information content (AvgIpc) is 3.26.